The van der Waals surface area contributed by atoms with Gasteiger partial charge < -0.3 is 5.32 Å². The molecule has 3 aromatic rings. The van der Waals surface area contributed by atoms with Crippen LogP contribution in [-0.2, 0) is 4.79 Å². The van der Waals surface area contributed by atoms with Crippen LogP contribution in [0.4, 0.5) is 5.13 Å². The summed E-state index contributed by atoms with van der Waals surface area (Å²) in [5, 5.41) is 17.3. The van der Waals surface area contributed by atoms with E-state index in [0.29, 0.717) is 16.1 Å². The Kier molecular flexibility index (Phi) is 4.26. The highest BCUT2D eigenvalue weighted by molar-refractivity contribution is 8.00. The van der Waals surface area contributed by atoms with Gasteiger partial charge in [0.15, 0.2) is 5.13 Å². The van der Waals surface area contributed by atoms with Crippen molar-refractivity contribution >= 4 is 34.1 Å². The summed E-state index contributed by atoms with van der Waals surface area (Å²) in [7, 11) is 0. The lowest BCUT2D eigenvalue weighted by atomic mass is 10.1. The maximum Gasteiger partial charge on any atom is 0.236 e. The van der Waals surface area contributed by atoms with Gasteiger partial charge in [0.05, 0.1) is 17.1 Å². The van der Waals surface area contributed by atoms with Crippen molar-refractivity contribution in [3.05, 3.63) is 36.0 Å². The average Bonchev–Trinajstić information content (AvgIpc) is 3.08. The first-order valence-corrected chi connectivity index (χ1v) is 9.41. The number of anilines is 1. The van der Waals surface area contributed by atoms with E-state index in [9.17, 15) is 4.79 Å². The molecule has 0 saturated heterocycles. The Morgan fingerprint density at radius 1 is 1.42 bits per heavy atom. The Balaban J connectivity index is 1.46. The predicted molar refractivity (Wildman–Crippen MR) is 94.4 cm³/mol. The second-order valence-electron chi connectivity index (χ2n) is 5.40. The molecule has 1 aliphatic carbocycles. The standard InChI is InChI=1S/C15H14N6OS2/c22-14(8-23-12-4-5-12)18-15-17-13(7-24-15)10-2-1-3-11(6-10)21-9-16-19-20-21/h1-3,6-7,9,12H,4-5,8H2,(H,17,18,22). The van der Waals surface area contributed by atoms with Gasteiger partial charge in [-0.25, -0.2) is 9.67 Å². The molecule has 0 spiro atoms. The third kappa shape index (κ3) is 3.62. The Labute approximate surface area is 146 Å². The van der Waals surface area contributed by atoms with Gasteiger partial charge in [-0.2, -0.15) is 0 Å². The highest BCUT2D eigenvalue weighted by Gasteiger charge is 2.22. The second-order valence-corrected chi connectivity index (χ2v) is 7.55. The number of tetrazole rings is 1. The summed E-state index contributed by atoms with van der Waals surface area (Å²) < 4.78 is 1.59. The van der Waals surface area contributed by atoms with E-state index in [2.05, 4.69) is 25.8 Å². The summed E-state index contributed by atoms with van der Waals surface area (Å²) in [6, 6.07) is 7.78. The maximum atomic E-state index is 11.9. The van der Waals surface area contributed by atoms with Crippen LogP contribution in [0, 0.1) is 0 Å². The fraction of sp³-hybridized carbons (Fsp3) is 0.267. The molecular formula is C15H14N6OS2. The summed E-state index contributed by atoms with van der Waals surface area (Å²) >= 11 is 3.14. The third-order valence-electron chi connectivity index (χ3n) is 3.48. The highest BCUT2D eigenvalue weighted by atomic mass is 32.2. The van der Waals surface area contributed by atoms with Crippen LogP contribution in [0.5, 0.6) is 0 Å². The number of carbonyl (C=O) groups is 1. The van der Waals surface area contributed by atoms with E-state index in [1.54, 1.807) is 22.8 Å². The fourth-order valence-corrected chi connectivity index (χ4v) is 3.80. The monoisotopic (exact) mass is 358 g/mol. The van der Waals surface area contributed by atoms with Gasteiger partial charge in [0.2, 0.25) is 5.91 Å². The van der Waals surface area contributed by atoms with Gasteiger partial charge in [-0.1, -0.05) is 12.1 Å². The quantitative estimate of drug-likeness (QED) is 0.729. The Bertz CT molecular complexity index is 843. The highest BCUT2D eigenvalue weighted by Crippen LogP contribution is 2.34. The normalized spacial score (nSPS) is 13.8. The molecule has 0 radical (unpaired) electrons. The average molecular weight is 358 g/mol. The van der Waals surface area contributed by atoms with Crippen molar-refractivity contribution in [3.63, 3.8) is 0 Å². The van der Waals surface area contributed by atoms with Gasteiger partial charge in [0, 0.05) is 16.2 Å². The fourth-order valence-electron chi connectivity index (χ4n) is 2.13. The molecule has 4 rings (SSSR count). The number of thioether (sulfide) groups is 1. The van der Waals surface area contributed by atoms with Crippen LogP contribution in [0.15, 0.2) is 36.0 Å². The molecule has 0 atom stereocenters. The lowest BCUT2D eigenvalue weighted by Crippen LogP contribution is -2.14. The third-order valence-corrected chi connectivity index (χ3v) is 5.61. The van der Waals surface area contributed by atoms with Crippen LogP contribution in [-0.4, -0.2) is 42.1 Å². The van der Waals surface area contributed by atoms with Crippen LogP contribution in [0.25, 0.3) is 16.9 Å². The van der Waals surface area contributed by atoms with Crippen molar-refractivity contribution in [2.24, 2.45) is 0 Å². The molecule has 0 unspecified atom stereocenters. The predicted octanol–water partition coefficient (Wildman–Crippen LogP) is 2.62. The van der Waals surface area contributed by atoms with Gasteiger partial charge in [0.25, 0.3) is 0 Å². The van der Waals surface area contributed by atoms with Gasteiger partial charge in [-0.05, 0) is 35.4 Å². The summed E-state index contributed by atoms with van der Waals surface area (Å²) in [6.45, 7) is 0. The molecule has 1 fully saturated rings. The van der Waals surface area contributed by atoms with Crippen LogP contribution < -0.4 is 5.32 Å². The van der Waals surface area contributed by atoms with Crippen molar-refractivity contribution in [3.8, 4) is 16.9 Å². The van der Waals surface area contributed by atoms with Crippen molar-refractivity contribution in [2.75, 3.05) is 11.1 Å². The molecule has 2 aromatic heterocycles. The second kappa shape index (κ2) is 6.70. The molecule has 0 aliphatic heterocycles. The number of amides is 1. The lowest BCUT2D eigenvalue weighted by Gasteiger charge is -2.02. The van der Waals surface area contributed by atoms with Crippen molar-refractivity contribution < 1.29 is 4.79 Å². The topological polar surface area (TPSA) is 85.6 Å². The molecule has 0 bridgehead atoms. The number of thiazole rings is 1. The number of hydrogen-bond donors (Lipinski definition) is 1. The molecule has 7 nitrogen and oxygen atoms in total. The smallest absolute Gasteiger partial charge is 0.236 e. The Hall–Kier alpha value is -2.26. The molecule has 9 heteroatoms. The Morgan fingerprint density at radius 3 is 3.12 bits per heavy atom. The van der Waals surface area contributed by atoms with Gasteiger partial charge in [-0.3, -0.25) is 4.79 Å². The minimum atomic E-state index is 0.00948. The molecule has 1 saturated carbocycles. The number of nitrogens with one attached hydrogen (secondary N) is 1. The number of hydrogen-bond acceptors (Lipinski definition) is 7. The van der Waals surface area contributed by atoms with Gasteiger partial charge in [0.1, 0.15) is 6.33 Å². The van der Waals surface area contributed by atoms with Crippen LogP contribution in [0.3, 0.4) is 0 Å². The van der Waals surface area contributed by atoms with Crippen molar-refractivity contribution in [1.82, 2.24) is 25.2 Å². The summed E-state index contributed by atoms with van der Waals surface area (Å²) in [5.41, 5.74) is 2.63. The number of benzene rings is 1. The number of aromatic nitrogens is 5. The van der Waals surface area contributed by atoms with E-state index in [1.165, 1.54) is 24.2 Å². The molecule has 122 valence electrons. The van der Waals surface area contributed by atoms with E-state index >= 15 is 0 Å². The first-order chi connectivity index (χ1) is 11.8. The maximum absolute atomic E-state index is 11.9. The zero-order valence-corrected chi connectivity index (χ0v) is 14.3. The number of rotatable bonds is 6. The zero-order valence-electron chi connectivity index (χ0n) is 12.6. The first kappa shape index (κ1) is 15.3. The van der Waals surface area contributed by atoms with E-state index in [0.717, 1.165) is 16.9 Å². The number of nitrogens with zero attached hydrogens (tertiary/aromatic N) is 5. The van der Waals surface area contributed by atoms with Gasteiger partial charge in [-0.15, -0.1) is 28.2 Å². The molecule has 2 heterocycles. The van der Waals surface area contributed by atoms with E-state index < -0.39 is 0 Å². The summed E-state index contributed by atoms with van der Waals surface area (Å²) in [4.78, 5) is 16.4. The molecule has 1 amide bonds. The van der Waals surface area contributed by atoms with Crippen LogP contribution in [0.2, 0.25) is 0 Å². The molecule has 1 N–H and O–H groups in total. The summed E-state index contributed by atoms with van der Waals surface area (Å²) in [5.74, 6) is 0.504. The Morgan fingerprint density at radius 2 is 2.33 bits per heavy atom. The van der Waals surface area contributed by atoms with Gasteiger partial charge >= 0.3 is 0 Å². The van der Waals surface area contributed by atoms with Crippen molar-refractivity contribution in [1.29, 1.82) is 0 Å². The lowest BCUT2D eigenvalue weighted by molar-refractivity contribution is -0.113. The largest absolute Gasteiger partial charge is 0.301 e. The van der Waals surface area contributed by atoms with Crippen molar-refractivity contribution in [2.45, 2.75) is 18.1 Å². The molecule has 24 heavy (non-hydrogen) atoms. The van der Waals surface area contributed by atoms with Crippen LogP contribution >= 0.6 is 23.1 Å². The van der Waals surface area contributed by atoms with E-state index in [-0.39, 0.29) is 5.91 Å². The summed E-state index contributed by atoms with van der Waals surface area (Å²) in [6.07, 6.45) is 4.01. The molecule has 1 aromatic carbocycles. The van der Waals surface area contributed by atoms with E-state index in [4.69, 9.17) is 0 Å². The molecule has 1 aliphatic rings. The number of carbonyl (C=O) groups excluding carboxylic acids is 1. The first-order valence-electron chi connectivity index (χ1n) is 7.49. The molecular weight excluding hydrogens is 344 g/mol. The minimum absolute atomic E-state index is 0.00948. The SMILES string of the molecule is O=C(CSC1CC1)Nc1nc(-c2cccc(-n3cnnn3)c2)cs1. The van der Waals surface area contributed by atoms with Crippen LogP contribution in [0.1, 0.15) is 12.8 Å². The minimum Gasteiger partial charge on any atom is -0.301 e. The zero-order chi connectivity index (χ0) is 16.4. The van der Waals surface area contributed by atoms with E-state index in [1.807, 2.05) is 29.6 Å².